The molecule has 0 radical (unpaired) electrons. The largest absolute Gasteiger partial charge is 0.474 e. The molecular weight excluding hydrogens is 427 g/mol. The number of carbonyl (C=O) groups excluding carboxylic acids is 2. The van der Waals surface area contributed by atoms with E-state index in [1.165, 1.54) is 19.2 Å². The Morgan fingerprint density at radius 2 is 1.76 bits per heavy atom. The second kappa shape index (κ2) is 8.65. The van der Waals surface area contributed by atoms with Crippen LogP contribution in [0.4, 0.5) is 9.18 Å². The van der Waals surface area contributed by atoms with Gasteiger partial charge in [-0.15, -0.1) is 0 Å². The van der Waals surface area contributed by atoms with Gasteiger partial charge < -0.3 is 19.1 Å². The Kier molecular flexibility index (Phi) is 6.03. The molecule has 1 aliphatic carbocycles. The minimum Gasteiger partial charge on any atom is -0.474 e. The fraction of sp³-hybridized carbons (Fsp3) is 0.480. The fourth-order valence-corrected chi connectivity index (χ4v) is 4.18. The molecule has 2 aliphatic rings. The summed E-state index contributed by atoms with van der Waals surface area (Å²) in [6, 6.07) is 9.54. The smallest absolute Gasteiger partial charge is 0.410 e. The van der Waals surface area contributed by atoms with Crippen LogP contribution in [0.2, 0.25) is 0 Å². The number of aromatic nitrogens is 1. The van der Waals surface area contributed by atoms with E-state index in [4.69, 9.17) is 14.2 Å². The Morgan fingerprint density at radius 3 is 2.33 bits per heavy atom. The van der Waals surface area contributed by atoms with Crippen molar-refractivity contribution in [1.82, 2.24) is 9.88 Å². The number of carbonyl (C=O) groups is 2. The maximum absolute atomic E-state index is 13.4. The van der Waals surface area contributed by atoms with Crippen molar-refractivity contribution < 1.29 is 28.2 Å². The van der Waals surface area contributed by atoms with Crippen molar-refractivity contribution in [3.8, 4) is 17.1 Å². The van der Waals surface area contributed by atoms with Crippen LogP contribution in [0.1, 0.15) is 39.2 Å². The molecule has 3 atom stereocenters. The van der Waals surface area contributed by atoms with Gasteiger partial charge in [0.2, 0.25) is 5.88 Å². The van der Waals surface area contributed by atoms with Crippen LogP contribution >= 0.6 is 0 Å². The summed E-state index contributed by atoms with van der Waals surface area (Å²) in [5, 5.41) is 0. The number of esters is 1. The molecule has 8 heteroatoms. The van der Waals surface area contributed by atoms with Crippen LogP contribution < -0.4 is 4.74 Å². The molecule has 1 aliphatic heterocycles. The summed E-state index contributed by atoms with van der Waals surface area (Å²) < 4.78 is 29.9. The van der Waals surface area contributed by atoms with Gasteiger partial charge >= 0.3 is 12.1 Å². The Hall–Kier alpha value is -3.16. The second-order valence-corrected chi connectivity index (χ2v) is 9.67. The van der Waals surface area contributed by atoms with E-state index in [0.717, 1.165) is 0 Å². The van der Waals surface area contributed by atoms with Crippen LogP contribution in [-0.4, -0.2) is 53.9 Å². The van der Waals surface area contributed by atoms with Gasteiger partial charge in [-0.1, -0.05) is 0 Å². The number of rotatable bonds is 5. The van der Waals surface area contributed by atoms with Crippen molar-refractivity contribution in [1.29, 1.82) is 0 Å². The van der Waals surface area contributed by atoms with Crippen molar-refractivity contribution in [2.75, 3.05) is 20.2 Å². The number of methoxy groups -OCH3 is 1. The average Bonchev–Trinajstić information content (AvgIpc) is 3.18. The number of fused-ring (bicyclic) bond motifs is 1. The lowest BCUT2D eigenvalue weighted by Gasteiger charge is -2.26. The quantitative estimate of drug-likeness (QED) is 0.621. The van der Waals surface area contributed by atoms with E-state index in [-0.39, 0.29) is 35.8 Å². The third-order valence-corrected chi connectivity index (χ3v) is 6.04. The molecule has 1 aromatic heterocycles. The maximum Gasteiger partial charge on any atom is 0.410 e. The van der Waals surface area contributed by atoms with E-state index in [2.05, 4.69) is 4.98 Å². The number of likely N-dealkylation sites (tertiary alicyclic amines) is 1. The lowest BCUT2D eigenvalue weighted by atomic mass is 9.99. The molecule has 0 bridgehead atoms. The predicted molar refractivity (Wildman–Crippen MR) is 119 cm³/mol. The van der Waals surface area contributed by atoms with Crippen LogP contribution in [0.5, 0.6) is 5.88 Å². The molecule has 1 amide bonds. The number of piperidine rings is 1. The Labute approximate surface area is 192 Å². The van der Waals surface area contributed by atoms with Crippen molar-refractivity contribution in [2.45, 2.75) is 45.3 Å². The molecule has 1 saturated heterocycles. The van der Waals surface area contributed by atoms with Gasteiger partial charge in [0.05, 0.1) is 18.7 Å². The molecule has 0 N–H and O–H groups in total. The van der Waals surface area contributed by atoms with E-state index >= 15 is 0 Å². The summed E-state index contributed by atoms with van der Waals surface area (Å²) in [7, 11) is 1.35. The highest BCUT2D eigenvalue weighted by Gasteiger charge is 2.59. The van der Waals surface area contributed by atoms with Gasteiger partial charge in [0, 0.05) is 36.6 Å². The summed E-state index contributed by atoms with van der Waals surface area (Å²) in [4.78, 5) is 30.8. The zero-order chi connectivity index (χ0) is 23.9. The molecule has 4 rings (SSSR count). The van der Waals surface area contributed by atoms with Crippen LogP contribution in [0.25, 0.3) is 11.3 Å². The third kappa shape index (κ3) is 5.10. The predicted octanol–water partition coefficient (Wildman–Crippen LogP) is 4.41. The normalized spacial score (nSPS) is 22.4. The molecular formula is C25H29FN2O5. The number of hydrogen-bond acceptors (Lipinski definition) is 6. The van der Waals surface area contributed by atoms with Gasteiger partial charge in [0.1, 0.15) is 17.5 Å². The SMILES string of the molecule is COC(=O)C(C)c1cc(OC2C3CN(C(=O)OC(C)(C)C)CC32)nc(-c2ccc(F)cc2)c1. The van der Waals surface area contributed by atoms with Crippen LogP contribution in [0, 0.1) is 17.7 Å². The first kappa shape index (κ1) is 23.0. The standard InChI is InChI=1S/C25H29FN2O5/c1-14(23(29)31-5)16-10-20(15-6-8-17(26)9-7-15)27-21(11-16)32-22-18-12-28(13-19(18)22)24(30)33-25(2,3)4/h6-11,14,18-19,22H,12-13H2,1-5H3. The lowest BCUT2D eigenvalue weighted by Crippen LogP contribution is -2.38. The zero-order valence-electron chi connectivity index (χ0n) is 19.5. The topological polar surface area (TPSA) is 78.0 Å². The van der Waals surface area contributed by atoms with Crippen LogP contribution in [0.15, 0.2) is 36.4 Å². The first-order valence-electron chi connectivity index (χ1n) is 11.1. The molecule has 1 aromatic carbocycles. The van der Waals surface area contributed by atoms with Crippen LogP contribution in [0.3, 0.4) is 0 Å². The van der Waals surface area contributed by atoms with Gasteiger partial charge in [-0.2, -0.15) is 0 Å². The van der Waals surface area contributed by atoms with E-state index in [9.17, 15) is 14.0 Å². The summed E-state index contributed by atoms with van der Waals surface area (Å²) in [6.07, 6.45) is -0.361. The van der Waals surface area contributed by atoms with E-state index in [1.807, 2.05) is 20.8 Å². The van der Waals surface area contributed by atoms with Crippen molar-refractivity contribution >= 4 is 12.1 Å². The Morgan fingerprint density at radius 1 is 1.12 bits per heavy atom. The fourth-order valence-electron chi connectivity index (χ4n) is 4.18. The molecule has 33 heavy (non-hydrogen) atoms. The van der Waals surface area contributed by atoms with Gasteiger partial charge in [-0.3, -0.25) is 4.79 Å². The molecule has 176 valence electrons. The number of benzene rings is 1. The maximum atomic E-state index is 13.4. The van der Waals surface area contributed by atoms with Crippen molar-refractivity contribution in [3.63, 3.8) is 0 Å². The van der Waals surface area contributed by atoms with Gasteiger partial charge in [0.15, 0.2) is 0 Å². The number of halogens is 1. The molecule has 3 unspecified atom stereocenters. The summed E-state index contributed by atoms with van der Waals surface area (Å²) in [6.45, 7) is 8.45. The number of nitrogens with zero attached hydrogens (tertiary/aromatic N) is 2. The lowest BCUT2D eigenvalue weighted by molar-refractivity contribution is -0.142. The van der Waals surface area contributed by atoms with E-state index < -0.39 is 11.5 Å². The molecule has 7 nitrogen and oxygen atoms in total. The number of hydrogen-bond donors (Lipinski definition) is 0. The molecule has 2 fully saturated rings. The van der Waals surface area contributed by atoms with E-state index in [0.29, 0.717) is 35.8 Å². The first-order valence-corrected chi connectivity index (χ1v) is 11.1. The van der Waals surface area contributed by atoms with Gasteiger partial charge in [-0.05, 0) is 63.6 Å². The highest BCUT2D eigenvalue weighted by atomic mass is 19.1. The highest BCUT2D eigenvalue weighted by molar-refractivity contribution is 5.78. The molecule has 2 aromatic rings. The number of amides is 1. The summed E-state index contributed by atoms with van der Waals surface area (Å²) in [5.41, 5.74) is 1.47. The summed E-state index contributed by atoms with van der Waals surface area (Å²) in [5.74, 6) is -0.389. The highest BCUT2D eigenvalue weighted by Crippen LogP contribution is 2.48. The number of ether oxygens (including phenoxy) is 3. The molecule has 2 heterocycles. The number of pyridine rings is 1. The minimum atomic E-state index is -0.531. The average molecular weight is 457 g/mol. The van der Waals surface area contributed by atoms with Gasteiger partial charge in [-0.25, -0.2) is 14.2 Å². The molecule has 1 saturated carbocycles. The minimum absolute atomic E-state index is 0.0547. The second-order valence-electron chi connectivity index (χ2n) is 9.67. The monoisotopic (exact) mass is 456 g/mol. The van der Waals surface area contributed by atoms with E-state index in [1.54, 1.807) is 36.1 Å². The van der Waals surface area contributed by atoms with Crippen LogP contribution in [-0.2, 0) is 14.3 Å². The third-order valence-electron chi connectivity index (χ3n) is 6.04. The van der Waals surface area contributed by atoms with Crippen molar-refractivity contribution in [3.05, 3.63) is 47.8 Å². The van der Waals surface area contributed by atoms with Gasteiger partial charge in [0.25, 0.3) is 0 Å². The summed E-state index contributed by atoms with van der Waals surface area (Å²) >= 11 is 0. The molecule has 0 spiro atoms. The first-order chi connectivity index (χ1) is 15.6. The zero-order valence-corrected chi connectivity index (χ0v) is 19.5. The van der Waals surface area contributed by atoms with Crippen molar-refractivity contribution in [2.24, 2.45) is 11.8 Å². The Balaban J connectivity index is 1.50. The Bertz CT molecular complexity index is 1040.